The monoisotopic (exact) mass is 613 g/mol. The molecule has 0 bridgehead atoms. The van der Waals surface area contributed by atoms with Crippen LogP contribution < -0.4 is 0 Å². The molecule has 153 valence electrons. The van der Waals surface area contributed by atoms with E-state index in [2.05, 4.69) is 121 Å². The third-order valence-electron chi connectivity index (χ3n) is 5.69. The van der Waals surface area contributed by atoms with Crippen molar-refractivity contribution in [1.29, 1.82) is 0 Å². The Morgan fingerprint density at radius 1 is 0.333 bits per heavy atom. The van der Waals surface area contributed by atoms with Crippen molar-refractivity contribution >= 4 is 42.8 Å². The van der Waals surface area contributed by atoms with Crippen molar-refractivity contribution in [3.8, 4) is 0 Å². The van der Waals surface area contributed by atoms with Gasteiger partial charge in [0.25, 0.3) is 0 Å². The fourth-order valence-electron chi connectivity index (χ4n) is 4.49. The van der Waals surface area contributed by atoms with Crippen LogP contribution in [0.2, 0.25) is 0 Å². The molecule has 0 aromatic heterocycles. The summed E-state index contributed by atoms with van der Waals surface area (Å²) in [5.41, 5.74) is 6.02. The summed E-state index contributed by atoms with van der Waals surface area (Å²) in [6, 6.07) is 44.7. The maximum atomic E-state index is 2.33. The van der Waals surface area contributed by atoms with E-state index < -0.39 is 18.8 Å². The van der Waals surface area contributed by atoms with Crippen LogP contribution in [0.1, 0.15) is 22.3 Å². The quantitative estimate of drug-likeness (QED) is 0.146. The van der Waals surface area contributed by atoms with Crippen molar-refractivity contribution in [3.63, 3.8) is 0 Å². The van der Waals surface area contributed by atoms with E-state index in [0.29, 0.717) is 0 Å². The molecule has 0 N–H and O–H groups in total. The van der Waals surface area contributed by atoms with Crippen molar-refractivity contribution in [2.75, 3.05) is 0 Å². The molecule has 0 saturated carbocycles. The van der Waals surface area contributed by atoms with Gasteiger partial charge >= 0.3 is 180 Å². The molecule has 4 aromatic rings. The Hall–Kier alpha value is -1.57. The zero-order valence-electron chi connectivity index (χ0n) is 17.3. The van der Waals surface area contributed by atoms with Gasteiger partial charge in [0, 0.05) is 24.0 Å². The Morgan fingerprint density at radius 3 is 0.733 bits per heavy atom. The molecule has 0 aliphatic heterocycles. The van der Waals surface area contributed by atoms with Gasteiger partial charge in [0.05, 0.1) is 0 Å². The zero-order valence-corrected chi connectivity index (χ0v) is 22.3. The fraction of sp³-hybridized carbons (Fsp3) is 0.143. The van der Waals surface area contributed by atoms with Crippen molar-refractivity contribution in [1.82, 2.24) is 0 Å². The first-order chi connectivity index (χ1) is 14.3. The first kappa shape index (κ1) is 23.1. The number of hydrogen-bond acceptors (Lipinski definition) is 0. The van der Waals surface area contributed by atoms with E-state index in [-0.39, 0.29) is 24.0 Å². The maximum absolute atomic E-state index is 2.72. The van der Waals surface area contributed by atoms with E-state index >= 15 is 0 Å². The van der Waals surface area contributed by atoms with Crippen LogP contribution in [0.25, 0.3) is 0 Å². The molecule has 4 rings (SSSR count). The number of hydrogen-bond donors (Lipinski definition) is 0. The van der Waals surface area contributed by atoms with Crippen molar-refractivity contribution in [3.05, 3.63) is 144 Å². The van der Waals surface area contributed by atoms with Crippen molar-refractivity contribution in [2.45, 2.75) is 17.5 Å². The van der Waals surface area contributed by atoms with E-state index in [4.69, 9.17) is 0 Å². The minimum atomic E-state index is -2.72. The molecule has 0 atom stereocenters. The van der Waals surface area contributed by atoms with Crippen LogP contribution in [-0.2, 0) is 17.5 Å². The second-order valence-electron chi connectivity index (χ2n) is 8.15. The summed E-state index contributed by atoms with van der Waals surface area (Å²) in [5.74, 6) is 0. The third-order valence-corrected chi connectivity index (χ3v) is 18.9. The molecule has 0 unspecified atom stereocenters. The summed E-state index contributed by atoms with van der Waals surface area (Å²) in [7, 11) is 0. The van der Waals surface area contributed by atoms with Gasteiger partial charge in [-0.1, -0.05) is 0 Å². The van der Waals surface area contributed by atoms with Gasteiger partial charge in [0.2, 0.25) is 0 Å². The molecule has 1 radical (unpaired) electrons. The minimum absolute atomic E-state index is 0. The Morgan fingerprint density at radius 2 is 0.533 bits per heavy atom. The summed E-state index contributed by atoms with van der Waals surface area (Å²) in [4.78, 5) is 0. The molecule has 0 aliphatic carbocycles. The number of benzene rings is 4. The number of halogens is 1. The van der Waals surface area contributed by atoms with Gasteiger partial charge in [0.1, 0.15) is 0 Å². The van der Waals surface area contributed by atoms with E-state index in [1.54, 1.807) is 0 Å². The topological polar surface area (TPSA) is 0 Å². The molecule has 0 saturated heterocycles. The molecule has 0 heterocycles. The second kappa shape index (κ2) is 11.7. The molecule has 0 spiro atoms. The zero-order chi connectivity index (χ0) is 19.8. The van der Waals surface area contributed by atoms with Crippen LogP contribution in [0.15, 0.2) is 121 Å². The summed E-state index contributed by atoms with van der Waals surface area (Å²) in [6.07, 6.45) is 0. The van der Waals surface area contributed by atoms with Gasteiger partial charge in [-0.05, 0) is 0 Å². The van der Waals surface area contributed by atoms with Gasteiger partial charge in [-0.15, -0.1) is 0 Å². The molecule has 2 heteroatoms. The molecule has 0 amide bonds. The Bertz CT molecular complexity index is 814. The van der Waals surface area contributed by atoms with E-state index in [1.165, 1.54) is 39.7 Å². The van der Waals surface area contributed by atoms with Gasteiger partial charge < -0.3 is 0 Å². The van der Waals surface area contributed by atoms with Crippen LogP contribution >= 0.6 is 24.0 Å². The van der Waals surface area contributed by atoms with Crippen LogP contribution in [0.3, 0.4) is 0 Å². The summed E-state index contributed by atoms with van der Waals surface area (Å²) < 4.78 is 5.09. The first-order valence-electron chi connectivity index (χ1n) is 10.5. The molecular weight excluding hydrogens is 585 g/mol. The van der Waals surface area contributed by atoms with Gasteiger partial charge in [-0.2, -0.15) is 0 Å². The summed E-state index contributed by atoms with van der Waals surface area (Å²) in [6.45, 7) is 0. The third kappa shape index (κ3) is 6.72. The summed E-state index contributed by atoms with van der Waals surface area (Å²) >= 11 is -2.72. The van der Waals surface area contributed by atoms with E-state index in [1.807, 2.05) is 0 Å². The predicted octanol–water partition coefficient (Wildman–Crippen LogP) is 7.18. The van der Waals surface area contributed by atoms with E-state index in [9.17, 15) is 0 Å². The normalized spacial score (nSPS) is 11.5. The van der Waals surface area contributed by atoms with Crippen LogP contribution in [-0.4, -0.2) is 18.8 Å². The Kier molecular flexibility index (Phi) is 9.02. The SMILES string of the molecule is [I].c1ccc([CH2][SbH]([CH2]c2ccccc2)([CH2]c2ccccc2)[CH2]c2ccccc2)cc1. The first-order valence-corrected chi connectivity index (χ1v) is 18.5. The molecule has 30 heavy (non-hydrogen) atoms. The molecule has 0 nitrogen and oxygen atoms in total. The van der Waals surface area contributed by atoms with E-state index in [0.717, 1.165) is 0 Å². The van der Waals surface area contributed by atoms with Crippen LogP contribution in [0.4, 0.5) is 0 Å². The van der Waals surface area contributed by atoms with Crippen molar-refractivity contribution < 1.29 is 0 Å². The van der Waals surface area contributed by atoms with Crippen LogP contribution in [0, 0.1) is 0 Å². The Labute approximate surface area is 202 Å². The standard InChI is InChI=1S/4C7H7.I.Sb.H/c4*1-7-5-3-2-4-6-7;;;/h4*2-6H,1H2;;;. The van der Waals surface area contributed by atoms with Crippen LogP contribution in [0.5, 0.6) is 0 Å². The van der Waals surface area contributed by atoms with Gasteiger partial charge in [0.15, 0.2) is 0 Å². The molecule has 0 fully saturated rings. The van der Waals surface area contributed by atoms with Crippen molar-refractivity contribution in [2.24, 2.45) is 0 Å². The number of rotatable bonds is 8. The van der Waals surface area contributed by atoms with Gasteiger partial charge in [-0.25, -0.2) is 0 Å². The average molecular weight is 614 g/mol. The molecule has 0 aliphatic rings. The Balaban J connectivity index is 0.00000256. The second-order valence-corrected chi connectivity index (χ2v) is 20.7. The fourth-order valence-corrected chi connectivity index (χ4v) is 19.2. The van der Waals surface area contributed by atoms with Gasteiger partial charge in [-0.3, -0.25) is 0 Å². The predicted molar refractivity (Wildman–Crippen MR) is 142 cm³/mol. The summed E-state index contributed by atoms with van der Waals surface area (Å²) in [5, 5.41) is 0. The molecule has 4 aromatic carbocycles. The molecular formula is C28H29ISb. The average Bonchev–Trinajstić information content (AvgIpc) is 2.76.